The first-order valence-electron chi connectivity index (χ1n) is 8.09. The topological polar surface area (TPSA) is 41.6 Å². The largest absolute Gasteiger partial charge is 0.381 e. The maximum Gasteiger partial charge on any atom is 0.317 e. The van der Waals surface area contributed by atoms with E-state index in [9.17, 15) is 4.79 Å². The smallest absolute Gasteiger partial charge is 0.317 e. The maximum absolute atomic E-state index is 12.0. The van der Waals surface area contributed by atoms with Gasteiger partial charge in [-0.3, -0.25) is 0 Å². The third-order valence-electron chi connectivity index (χ3n) is 4.05. The molecule has 0 aromatic heterocycles. The average molecular weight is 284 g/mol. The SMILES string of the molecule is CC(C)COCCCNC(=O)N(C)C1CCC(C)CC1. The highest BCUT2D eigenvalue weighted by molar-refractivity contribution is 5.74. The van der Waals surface area contributed by atoms with E-state index in [0.717, 1.165) is 38.4 Å². The molecule has 0 unspecified atom stereocenters. The van der Waals surface area contributed by atoms with Crippen molar-refractivity contribution in [3.63, 3.8) is 0 Å². The molecule has 1 saturated carbocycles. The first-order chi connectivity index (χ1) is 9.50. The number of urea groups is 1. The van der Waals surface area contributed by atoms with Crippen molar-refractivity contribution in [3.05, 3.63) is 0 Å². The molecule has 0 aromatic rings. The molecule has 1 fully saturated rings. The Balaban J connectivity index is 2.09. The van der Waals surface area contributed by atoms with Crippen LogP contribution in [0.5, 0.6) is 0 Å². The van der Waals surface area contributed by atoms with Crippen LogP contribution in [-0.2, 0) is 4.74 Å². The fraction of sp³-hybridized carbons (Fsp3) is 0.938. The van der Waals surface area contributed by atoms with Crippen molar-refractivity contribution < 1.29 is 9.53 Å². The zero-order chi connectivity index (χ0) is 15.0. The average Bonchev–Trinajstić information content (AvgIpc) is 2.42. The summed E-state index contributed by atoms with van der Waals surface area (Å²) in [6, 6.07) is 0.483. The molecule has 0 heterocycles. The van der Waals surface area contributed by atoms with Crippen molar-refractivity contribution in [2.75, 3.05) is 26.8 Å². The normalized spacial score (nSPS) is 22.9. The van der Waals surface area contributed by atoms with E-state index in [1.807, 2.05) is 11.9 Å². The van der Waals surface area contributed by atoms with Gasteiger partial charge in [-0.2, -0.15) is 0 Å². The second-order valence-electron chi connectivity index (χ2n) is 6.58. The first kappa shape index (κ1) is 17.3. The lowest BCUT2D eigenvalue weighted by Gasteiger charge is -2.33. The van der Waals surface area contributed by atoms with E-state index in [1.165, 1.54) is 12.8 Å². The van der Waals surface area contributed by atoms with Gasteiger partial charge in [0.2, 0.25) is 0 Å². The highest BCUT2D eigenvalue weighted by atomic mass is 16.5. The number of amides is 2. The van der Waals surface area contributed by atoms with Crippen LogP contribution >= 0.6 is 0 Å². The number of nitrogens with one attached hydrogen (secondary N) is 1. The lowest BCUT2D eigenvalue weighted by atomic mass is 9.87. The number of carbonyl (C=O) groups excluding carboxylic acids is 1. The highest BCUT2D eigenvalue weighted by Crippen LogP contribution is 2.26. The molecular formula is C16H32N2O2. The molecule has 118 valence electrons. The molecule has 4 nitrogen and oxygen atoms in total. The Kier molecular flexibility index (Phi) is 7.97. The molecule has 1 rings (SSSR count). The van der Waals surface area contributed by atoms with E-state index < -0.39 is 0 Å². The van der Waals surface area contributed by atoms with Crippen LogP contribution in [0.15, 0.2) is 0 Å². The van der Waals surface area contributed by atoms with Gasteiger partial charge in [-0.15, -0.1) is 0 Å². The molecule has 0 saturated heterocycles. The second-order valence-corrected chi connectivity index (χ2v) is 6.58. The molecule has 0 atom stereocenters. The minimum atomic E-state index is 0.0633. The predicted octanol–water partition coefficient (Wildman–Crippen LogP) is 3.27. The molecule has 4 heteroatoms. The maximum atomic E-state index is 12.0. The Morgan fingerprint density at radius 1 is 1.30 bits per heavy atom. The van der Waals surface area contributed by atoms with Gasteiger partial charge in [0.25, 0.3) is 0 Å². The van der Waals surface area contributed by atoms with Crippen LogP contribution in [0, 0.1) is 11.8 Å². The third kappa shape index (κ3) is 6.60. The minimum absolute atomic E-state index is 0.0633. The molecule has 0 aromatic carbocycles. The van der Waals surface area contributed by atoms with E-state index >= 15 is 0 Å². The van der Waals surface area contributed by atoms with Crippen LogP contribution in [0.4, 0.5) is 4.79 Å². The fourth-order valence-corrected chi connectivity index (χ4v) is 2.61. The van der Waals surface area contributed by atoms with Crippen molar-refractivity contribution >= 4 is 6.03 Å². The number of rotatable bonds is 7. The predicted molar refractivity (Wildman–Crippen MR) is 82.9 cm³/mol. The minimum Gasteiger partial charge on any atom is -0.381 e. The summed E-state index contributed by atoms with van der Waals surface area (Å²) in [7, 11) is 1.92. The van der Waals surface area contributed by atoms with E-state index in [0.29, 0.717) is 18.5 Å². The van der Waals surface area contributed by atoms with Crippen LogP contribution in [0.1, 0.15) is 52.9 Å². The van der Waals surface area contributed by atoms with Gasteiger partial charge in [0.1, 0.15) is 0 Å². The third-order valence-corrected chi connectivity index (χ3v) is 4.05. The van der Waals surface area contributed by atoms with Gasteiger partial charge in [0, 0.05) is 32.8 Å². The van der Waals surface area contributed by atoms with Crippen LogP contribution in [-0.4, -0.2) is 43.8 Å². The Morgan fingerprint density at radius 3 is 2.55 bits per heavy atom. The lowest BCUT2D eigenvalue weighted by Crippen LogP contribution is -2.45. The van der Waals surface area contributed by atoms with Crippen LogP contribution in [0.3, 0.4) is 0 Å². The summed E-state index contributed by atoms with van der Waals surface area (Å²) in [6.45, 7) is 8.80. The lowest BCUT2D eigenvalue weighted by molar-refractivity contribution is 0.107. The number of nitrogens with zero attached hydrogens (tertiary/aromatic N) is 1. The monoisotopic (exact) mass is 284 g/mol. The number of ether oxygens (including phenoxy) is 1. The van der Waals surface area contributed by atoms with Gasteiger partial charge in [-0.1, -0.05) is 20.8 Å². The fourth-order valence-electron chi connectivity index (χ4n) is 2.61. The second kappa shape index (κ2) is 9.22. The van der Waals surface area contributed by atoms with Gasteiger partial charge in [0.05, 0.1) is 0 Å². The zero-order valence-corrected chi connectivity index (χ0v) is 13.7. The molecule has 0 aliphatic heterocycles. The Labute approximate surface area is 124 Å². The van der Waals surface area contributed by atoms with Crippen molar-refractivity contribution in [2.24, 2.45) is 11.8 Å². The summed E-state index contributed by atoms with van der Waals surface area (Å²) >= 11 is 0. The Morgan fingerprint density at radius 2 is 1.95 bits per heavy atom. The quantitative estimate of drug-likeness (QED) is 0.729. The summed E-state index contributed by atoms with van der Waals surface area (Å²) in [5.74, 6) is 1.39. The highest BCUT2D eigenvalue weighted by Gasteiger charge is 2.24. The molecule has 0 bridgehead atoms. The van der Waals surface area contributed by atoms with Crippen LogP contribution in [0.25, 0.3) is 0 Å². The van der Waals surface area contributed by atoms with Crippen molar-refractivity contribution in [3.8, 4) is 0 Å². The Bertz CT molecular complexity index is 274. The van der Waals surface area contributed by atoms with Crippen molar-refractivity contribution in [1.82, 2.24) is 10.2 Å². The number of hydrogen-bond donors (Lipinski definition) is 1. The molecular weight excluding hydrogens is 252 g/mol. The standard InChI is InChI=1S/C16H32N2O2/c1-13(2)12-20-11-5-10-17-16(19)18(4)15-8-6-14(3)7-9-15/h13-15H,5-12H2,1-4H3,(H,17,19). The van der Waals surface area contributed by atoms with E-state index in [4.69, 9.17) is 4.74 Å². The van der Waals surface area contributed by atoms with Gasteiger partial charge < -0.3 is 15.0 Å². The van der Waals surface area contributed by atoms with Gasteiger partial charge in [-0.25, -0.2) is 4.79 Å². The number of hydrogen-bond acceptors (Lipinski definition) is 2. The molecule has 1 aliphatic carbocycles. The molecule has 0 spiro atoms. The van der Waals surface area contributed by atoms with Gasteiger partial charge in [-0.05, 0) is 43.9 Å². The van der Waals surface area contributed by atoms with E-state index in [-0.39, 0.29) is 6.03 Å². The van der Waals surface area contributed by atoms with E-state index in [1.54, 1.807) is 0 Å². The summed E-state index contributed by atoms with van der Waals surface area (Å²) < 4.78 is 5.50. The van der Waals surface area contributed by atoms with E-state index in [2.05, 4.69) is 26.1 Å². The first-order valence-corrected chi connectivity index (χ1v) is 8.09. The summed E-state index contributed by atoms with van der Waals surface area (Å²) in [4.78, 5) is 13.9. The zero-order valence-electron chi connectivity index (χ0n) is 13.7. The summed E-state index contributed by atoms with van der Waals surface area (Å²) in [5.41, 5.74) is 0. The molecule has 1 aliphatic rings. The molecule has 1 N–H and O–H groups in total. The summed E-state index contributed by atoms with van der Waals surface area (Å²) in [5, 5.41) is 2.99. The molecule has 0 radical (unpaired) electrons. The van der Waals surface area contributed by atoms with Crippen molar-refractivity contribution in [1.29, 1.82) is 0 Å². The molecule has 20 heavy (non-hydrogen) atoms. The summed E-state index contributed by atoms with van der Waals surface area (Å²) in [6.07, 6.45) is 5.65. The molecule has 2 amide bonds. The number of carbonyl (C=O) groups is 1. The van der Waals surface area contributed by atoms with Crippen LogP contribution < -0.4 is 5.32 Å². The Hall–Kier alpha value is -0.770. The van der Waals surface area contributed by atoms with Gasteiger partial charge in [0.15, 0.2) is 0 Å². The van der Waals surface area contributed by atoms with Crippen molar-refractivity contribution in [2.45, 2.75) is 58.9 Å². The van der Waals surface area contributed by atoms with Crippen LogP contribution in [0.2, 0.25) is 0 Å². The van der Waals surface area contributed by atoms with Gasteiger partial charge >= 0.3 is 6.03 Å².